The summed E-state index contributed by atoms with van der Waals surface area (Å²) in [6.07, 6.45) is 2.82. The Morgan fingerprint density at radius 2 is 2.00 bits per heavy atom. The minimum absolute atomic E-state index is 0.311. The highest BCUT2D eigenvalue weighted by molar-refractivity contribution is 5.91. The van der Waals surface area contributed by atoms with Crippen molar-refractivity contribution in [3.05, 3.63) is 12.7 Å². The zero-order chi connectivity index (χ0) is 11.9. The van der Waals surface area contributed by atoms with Crippen molar-refractivity contribution in [1.82, 2.24) is 5.32 Å². The summed E-state index contributed by atoms with van der Waals surface area (Å²) in [5.74, 6) is -0.314. The molecule has 0 heterocycles. The fourth-order valence-electron chi connectivity index (χ4n) is 0.887. The lowest BCUT2D eigenvalue weighted by molar-refractivity contribution is -0.120. The Morgan fingerprint density at radius 3 is 2.47 bits per heavy atom. The summed E-state index contributed by atoms with van der Waals surface area (Å²) >= 11 is 0. The number of unbranched alkanes of at least 4 members (excludes halogenated alkanes) is 1. The summed E-state index contributed by atoms with van der Waals surface area (Å²) in [4.78, 5) is 22.3. The van der Waals surface area contributed by atoms with Gasteiger partial charge in [0.25, 0.3) is 0 Å². The lowest BCUT2D eigenvalue weighted by Gasteiger charge is -2.19. The molecule has 0 aliphatic carbocycles. The van der Waals surface area contributed by atoms with Crippen molar-refractivity contribution in [1.29, 1.82) is 0 Å². The average Bonchev–Trinajstić information content (AvgIpc) is 2.00. The minimum atomic E-state index is -0.689. The number of amides is 2. The highest BCUT2D eigenvalue weighted by Gasteiger charge is 2.17. The van der Waals surface area contributed by atoms with Gasteiger partial charge in [0.15, 0.2) is 0 Å². The second kappa shape index (κ2) is 6.22. The first-order valence-corrected chi connectivity index (χ1v) is 4.99. The molecule has 0 aromatic rings. The first kappa shape index (κ1) is 13.7. The summed E-state index contributed by atoms with van der Waals surface area (Å²) < 4.78 is 4.92. The molecule has 86 valence electrons. The van der Waals surface area contributed by atoms with Gasteiger partial charge in [-0.2, -0.15) is 0 Å². The fraction of sp³-hybridized carbons (Fsp3) is 0.636. The molecule has 0 saturated heterocycles. The number of imide groups is 1. The largest absolute Gasteiger partial charge is 0.444 e. The Labute approximate surface area is 90.7 Å². The number of rotatable bonds is 4. The van der Waals surface area contributed by atoms with E-state index >= 15 is 0 Å². The molecule has 0 fully saturated rings. The van der Waals surface area contributed by atoms with Crippen molar-refractivity contribution in [2.24, 2.45) is 0 Å². The van der Waals surface area contributed by atoms with Gasteiger partial charge < -0.3 is 4.74 Å². The standard InChI is InChI=1S/C11H19NO3/c1-5-6-7-8-9(13)12-10(14)15-11(2,3)4/h5H,1,6-8H2,2-4H3,(H,12,13,14). The van der Waals surface area contributed by atoms with Crippen LogP contribution < -0.4 is 5.32 Å². The van der Waals surface area contributed by atoms with Crippen LogP contribution in [0, 0.1) is 0 Å². The van der Waals surface area contributed by atoms with Crippen LogP contribution >= 0.6 is 0 Å². The van der Waals surface area contributed by atoms with Gasteiger partial charge in [0.2, 0.25) is 5.91 Å². The van der Waals surface area contributed by atoms with Gasteiger partial charge in [0.05, 0.1) is 0 Å². The molecule has 0 spiro atoms. The highest BCUT2D eigenvalue weighted by atomic mass is 16.6. The van der Waals surface area contributed by atoms with E-state index in [1.807, 2.05) is 0 Å². The van der Waals surface area contributed by atoms with Gasteiger partial charge in [-0.05, 0) is 33.6 Å². The molecule has 0 aliphatic rings. The van der Waals surface area contributed by atoms with Crippen molar-refractivity contribution >= 4 is 12.0 Å². The third-order valence-corrected chi connectivity index (χ3v) is 1.45. The first-order valence-electron chi connectivity index (χ1n) is 4.99. The van der Waals surface area contributed by atoms with Crippen LogP contribution in [0.4, 0.5) is 4.79 Å². The Hall–Kier alpha value is -1.32. The van der Waals surface area contributed by atoms with Gasteiger partial charge in [0, 0.05) is 6.42 Å². The van der Waals surface area contributed by atoms with Crippen LogP contribution in [-0.4, -0.2) is 17.6 Å². The van der Waals surface area contributed by atoms with E-state index in [1.54, 1.807) is 26.8 Å². The third-order valence-electron chi connectivity index (χ3n) is 1.45. The van der Waals surface area contributed by atoms with Gasteiger partial charge in [-0.3, -0.25) is 10.1 Å². The smallest absolute Gasteiger partial charge is 0.414 e. The maximum atomic E-state index is 11.2. The topological polar surface area (TPSA) is 55.4 Å². The molecular formula is C11H19NO3. The van der Waals surface area contributed by atoms with E-state index < -0.39 is 11.7 Å². The average molecular weight is 213 g/mol. The number of nitrogens with one attached hydrogen (secondary N) is 1. The Morgan fingerprint density at radius 1 is 1.40 bits per heavy atom. The van der Waals surface area contributed by atoms with E-state index in [2.05, 4.69) is 11.9 Å². The van der Waals surface area contributed by atoms with Crippen LogP contribution in [0.2, 0.25) is 0 Å². The number of ether oxygens (including phenoxy) is 1. The molecule has 0 aliphatic heterocycles. The fourth-order valence-corrected chi connectivity index (χ4v) is 0.887. The van der Waals surface area contributed by atoms with E-state index in [9.17, 15) is 9.59 Å². The normalized spacial score (nSPS) is 10.6. The molecular weight excluding hydrogens is 194 g/mol. The number of allylic oxidation sites excluding steroid dienone is 1. The molecule has 0 bridgehead atoms. The van der Waals surface area contributed by atoms with E-state index in [1.165, 1.54) is 0 Å². The second-order valence-corrected chi connectivity index (χ2v) is 4.23. The lowest BCUT2D eigenvalue weighted by Crippen LogP contribution is -2.36. The summed E-state index contributed by atoms with van der Waals surface area (Å²) in [5.41, 5.74) is -0.578. The van der Waals surface area contributed by atoms with Gasteiger partial charge in [-0.1, -0.05) is 6.08 Å². The highest BCUT2D eigenvalue weighted by Crippen LogP contribution is 2.06. The Bertz CT molecular complexity index is 241. The maximum absolute atomic E-state index is 11.2. The first-order chi connectivity index (χ1) is 6.85. The van der Waals surface area contributed by atoms with E-state index in [4.69, 9.17) is 4.74 Å². The van der Waals surface area contributed by atoms with Crippen molar-refractivity contribution < 1.29 is 14.3 Å². The van der Waals surface area contributed by atoms with E-state index in [0.717, 1.165) is 6.42 Å². The Kier molecular flexibility index (Phi) is 5.67. The van der Waals surface area contributed by atoms with E-state index in [-0.39, 0.29) is 5.91 Å². The molecule has 0 saturated carbocycles. The molecule has 0 aromatic heterocycles. The predicted molar refractivity (Wildman–Crippen MR) is 58.4 cm³/mol. The summed E-state index contributed by atoms with van der Waals surface area (Å²) in [5, 5.41) is 2.16. The number of carbonyl (C=O) groups excluding carboxylic acids is 2. The summed E-state index contributed by atoms with van der Waals surface area (Å²) in [6, 6.07) is 0. The van der Waals surface area contributed by atoms with Crippen molar-refractivity contribution in [3.63, 3.8) is 0 Å². The molecule has 2 amide bonds. The summed E-state index contributed by atoms with van der Waals surface area (Å²) in [6.45, 7) is 8.78. The molecule has 4 nitrogen and oxygen atoms in total. The van der Waals surface area contributed by atoms with Crippen LogP contribution in [0.5, 0.6) is 0 Å². The number of hydrogen-bond acceptors (Lipinski definition) is 3. The van der Waals surface area contributed by atoms with E-state index in [0.29, 0.717) is 12.8 Å². The van der Waals surface area contributed by atoms with Crippen LogP contribution in [0.1, 0.15) is 40.0 Å². The van der Waals surface area contributed by atoms with Crippen LogP contribution in [0.3, 0.4) is 0 Å². The predicted octanol–water partition coefficient (Wildman–Crippen LogP) is 2.39. The minimum Gasteiger partial charge on any atom is -0.444 e. The number of hydrogen-bond donors (Lipinski definition) is 1. The van der Waals surface area contributed by atoms with Crippen LogP contribution in [-0.2, 0) is 9.53 Å². The van der Waals surface area contributed by atoms with Gasteiger partial charge in [-0.15, -0.1) is 6.58 Å². The van der Waals surface area contributed by atoms with Crippen molar-refractivity contribution in [2.45, 2.75) is 45.6 Å². The second-order valence-electron chi connectivity index (χ2n) is 4.23. The number of alkyl carbamates (subject to hydrolysis) is 1. The number of carbonyl (C=O) groups is 2. The van der Waals surface area contributed by atoms with Gasteiger partial charge >= 0.3 is 6.09 Å². The van der Waals surface area contributed by atoms with Crippen LogP contribution in [0.15, 0.2) is 12.7 Å². The molecule has 0 rings (SSSR count). The SMILES string of the molecule is C=CCCCC(=O)NC(=O)OC(C)(C)C. The maximum Gasteiger partial charge on any atom is 0.414 e. The Balaban J connectivity index is 3.77. The van der Waals surface area contributed by atoms with Crippen LogP contribution in [0.25, 0.3) is 0 Å². The van der Waals surface area contributed by atoms with Crippen molar-refractivity contribution in [3.8, 4) is 0 Å². The lowest BCUT2D eigenvalue weighted by atomic mass is 10.2. The molecule has 0 unspecified atom stereocenters. The molecule has 4 heteroatoms. The summed E-state index contributed by atoms with van der Waals surface area (Å²) in [7, 11) is 0. The molecule has 0 radical (unpaired) electrons. The third kappa shape index (κ3) is 9.00. The molecule has 0 aromatic carbocycles. The quantitative estimate of drug-likeness (QED) is 0.576. The van der Waals surface area contributed by atoms with Crippen molar-refractivity contribution in [2.75, 3.05) is 0 Å². The van der Waals surface area contributed by atoms with Gasteiger partial charge in [-0.25, -0.2) is 4.79 Å². The molecule has 15 heavy (non-hydrogen) atoms. The molecule has 1 N–H and O–H groups in total. The molecule has 0 atom stereocenters. The zero-order valence-electron chi connectivity index (χ0n) is 9.63. The van der Waals surface area contributed by atoms with Gasteiger partial charge in [0.1, 0.15) is 5.60 Å². The zero-order valence-corrected chi connectivity index (χ0v) is 9.63. The monoisotopic (exact) mass is 213 g/mol.